The van der Waals surface area contributed by atoms with Gasteiger partial charge in [-0.05, 0) is 23.6 Å². The number of thiophene rings is 1. The molecular weight excluding hydrogens is 252 g/mol. The molecule has 84 valence electrons. The van der Waals surface area contributed by atoms with E-state index in [0.29, 0.717) is 0 Å². The zero-order valence-corrected chi connectivity index (χ0v) is 10.3. The first-order valence-corrected chi connectivity index (χ1v) is 6.68. The van der Waals surface area contributed by atoms with Crippen LogP contribution in [-0.4, -0.2) is 15.1 Å². The summed E-state index contributed by atoms with van der Waals surface area (Å²) in [5.74, 6) is 0.279. The van der Waals surface area contributed by atoms with Crippen molar-refractivity contribution in [3.63, 3.8) is 0 Å². The van der Waals surface area contributed by atoms with Crippen molar-refractivity contribution in [3.05, 3.63) is 42.0 Å². The van der Waals surface area contributed by atoms with Gasteiger partial charge in [0.1, 0.15) is 17.1 Å². The molecule has 0 radical (unpaired) electrons. The number of para-hydroxylation sites is 1. The fraction of sp³-hybridized carbons (Fsp3) is 0. The molecule has 2 heterocycles. The molecule has 1 aromatic carbocycles. The minimum Gasteiger partial charge on any atom is -0.507 e. The summed E-state index contributed by atoms with van der Waals surface area (Å²) in [7, 11) is 0. The molecule has 2 aromatic heterocycles. The van der Waals surface area contributed by atoms with Gasteiger partial charge in [-0.15, -0.1) is 11.3 Å². The van der Waals surface area contributed by atoms with Crippen LogP contribution in [0.25, 0.3) is 10.2 Å². The van der Waals surface area contributed by atoms with E-state index in [4.69, 9.17) is 0 Å². The molecular formula is C12H8N2OS2. The second-order valence-corrected chi connectivity index (χ2v) is 5.33. The number of hydrogen-bond acceptors (Lipinski definition) is 5. The molecule has 0 spiro atoms. The van der Waals surface area contributed by atoms with Crippen molar-refractivity contribution in [3.8, 4) is 5.75 Å². The lowest BCUT2D eigenvalue weighted by Gasteiger charge is -2.03. The number of fused-ring (bicyclic) bond motifs is 1. The Hall–Kier alpha value is -1.59. The third-order valence-corrected chi connectivity index (χ3v) is 4.39. The third-order valence-electron chi connectivity index (χ3n) is 2.28. The first-order valence-electron chi connectivity index (χ1n) is 4.98. The van der Waals surface area contributed by atoms with Crippen LogP contribution < -0.4 is 0 Å². The van der Waals surface area contributed by atoms with Gasteiger partial charge in [-0.2, -0.15) is 0 Å². The number of phenols is 1. The topological polar surface area (TPSA) is 46.0 Å². The summed E-state index contributed by atoms with van der Waals surface area (Å²) in [5.41, 5.74) is 0.947. The molecule has 0 saturated heterocycles. The quantitative estimate of drug-likeness (QED) is 0.716. The first kappa shape index (κ1) is 10.6. The smallest absolute Gasteiger partial charge is 0.129 e. The molecule has 0 atom stereocenters. The van der Waals surface area contributed by atoms with E-state index in [-0.39, 0.29) is 5.75 Å². The van der Waals surface area contributed by atoms with Crippen molar-refractivity contribution in [2.75, 3.05) is 0 Å². The monoisotopic (exact) mass is 260 g/mol. The molecule has 5 heteroatoms. The maximum atomic E-state index is 9.73. The summed E-state index contributed by atoms with van der Waals surface area (Å²) >= 11 is 3.07. The molecule has 0 amide bonds. The highest BCUT2D eigenvalue weighted by Gasteiger charge is 2.08. The molecule has 0 bridgehead atoms. The Morgan fingerprint density at radius 3 is 2.88 bits per heavy atom. The van der Waals surface area contributed by atoms with Gasteiger partial charge in [-0.25, -0.2) is 9.97 Å². The molecule has 1 N–H and O–H groups in total. The SMILES string of the molecule is Oc1ccccc1Sc1ncnc2ccsc12. The Balaban J connectivity index is 2.06. The van der Waals surface area contributed by atoms with Crippen LogP contribution in [0.3, 0.4) is 0 Å². The van der Waals surface area contributed by atoms with Crippen LogP contribution in [0.4, 0.5) is 0 Å². The molecule has 17 heavy (non-hydrogen) atoms. The Morgan fingerprint density at radius 2 is 2.00 bits per heavy atom. The Labute approximate surface area is 106 Å². The first-order chi connectivity index (χ1) is 8.34. The lowest BCUT2D eigenvalue weighted by molar-refractivity contribution is 0.462. The summed E-state index contributed by atoms with van der Waals surface area (Å²) in [4.78, 5) is 9.26. The fourth-order valence-electron chi connectivity index (χ4n) is 1.49. The van der Waals surface area contributed by atoms with Crippen molar-refractivity contribution in [1.82, 2.24) is 9.97 Å². The largest absolute Gasteiger partial charge is 0.507 e. The van der Waals surface area contributed by atoms with Gasteiger partial charge in [0.05, 0.1) is 15.1 Å². The minimum absolute atomic E-state index is 0.279. The molecule has 0 aliphatic rings. The lowest BCUT2D eigenvalue weighted by atomic mass is 10.3. The normalized spacial score (nSPS) is 10.8. The van der Waals surface area contributed by atoms with E-state index in [0.717, 1.165) is 20.1 Å². The van der Waals surface area contributed by atoms with Gasteiger partial charge < -0.3 is 5.11 Å². The molecule has 0 aliphatic carbocycles. The van der Waals surface area contributed by atoms with E-state index in [1.54, 1.807) is 29.8 Å². The summed E-state index contributed by atoms with van der Waals surface area (Å²) in [6, 6.07) is 9.22. The van der Waals surface area contributed by atoms with Gasteiger partial charge in [-0.3, -0.25) is 0 Å². The zero-order valence-electron chi connectivity index (χ0n) is 8.70. The van der Waals surface area contributed by atoms with Gasteiger partial charge in [0.25, 0.3) is 0 Å². The van der Waals surface area contributed by atoms with Crippen molar-refractivity contribution in [2.45, 2.75) is 9.92 Å². The molecule has 0 saturated carbocycles. The van der Waals surface area contributed by atoms with Crippen LogP contribution in [0.1, 0.15) is 0 Å². The average molecular weight is 260 g/mol. The fourth-order valence-corrected chi connectivity index (χ4v) is 3.31. The number of rotatable bonds is 2. The van der Waals surface area contributed by atoms with Crippen LogP contribution in [0.15, 0.2) is 52.0 Å². The number of aromatic hydroxyl groups is 1. The van der Waals surface area contributed by atoms with E-state index >= 15 is 0 Å². The Kier molecular flexibility index (Phi) is 2.70. The highest BCUT2D eigenvalue weighted by molar-refractivity contribution is 7.99. The number of phenolic OH excluding ortho intramolecular Hbond substituents is 1. The minimum atomic E-state index is 0.279. The second kappa shape index (κ2) is 4.35. The zero-order chi connectivity index (χ0) is 11.7. The highest BCUT2D eigenvalue weighted by Crippen LogP contribution is 2.37. The summed E-state index contributed by atoms with van der Waals surface area (Å²) in [6.45, 7) is 0. The standard InChI is InChI=1S/C12H8N2OS2/c15-9-3-1-2-4-10(9)17-12-11-8(5-6-16-11)13-7-14-12/h1-7,15H. The predicted octanol–water partition coefficient (Wildman–Crippen LogP) is 3.55. The molecule has 3 rings (SSSR count). The van der Waals surface area contributed by atoms with Crippen LogP contribution in [0.2, 0.25) is 0 Å². The van der Waals surface area contributed by atoms with Gasteiger partial charge in [0.2, 0.25) is 0 Å². The van der Waals surface area contributed by atoms with Gasteiger partial charge in [0.15, 0.2) is 0 Å². The van der Waals surface area contributed by atoms with Crippen molar-refractivity contribution >= 4 is 33.3 Å². The van der Waals surface area contributed by atoms with Crippen molar-refractivity contribution in [1.29, 1.82) is 0 Å². The second-order valence-electron chi connectivity index (χ2n) is 3.38. The summed E-state index contributed by atoms with van der Waals surface area (Å²) in [6.07, 6.45) is 1.55. The van der Waals surface area contributed by atoms with E-state index in [1.807, 2.05) is 23.6 Å². The summed E-state index contributed by atoms with van der Waals surface area (Å²) < 4.78 is 1.06. The number of aromatic nitrogens is 2. The van der Waals surface area contributed by atoms with Crippen LogP contribution in [-0.2, 0) is 0 Å². The molecule has 3 nitrogen and oxygen atoms in total. The Bertz CT molecular complexity index is 666. The third kappa shape index (κ3) is 1.99. The van der Waals surface area contributed by atoms with Gasteiger partial charge in [0, 0.05) is 0 Å². The van der Waals surface area contributed by atoms with Crippen molar-refractivity contribution < 1.29 is 5.11 Å². The number of hydrogen-bond donors (Lipinski definition) is 1. The van der Waals surface area contributed by atoms with E-state index in [9.17, 15) is 5.11 Å². The van der Waals surface area contributed by atoms with Gasteiger partial charge in [-0.1, -0.05) is 23.9 Å². The van der Waals surface area contributed by atoms with E-state index in [2.05, 4.69) is 9.97 Å². The summed E-state index contributed by atoms with van der Waals surface area (Å²) in [5, 5.41) is 12.6. The van der Waals surface area contributed by atoms with Gasteiger partial charge >= 0.3 is 0 Å². The van der Waals surface area contributed by atoms with Crippen LogP contribution in [0.5, 0.6) is 5.75 Å². The van der Waals surface area contributed by atoms with E-state index < -0.39 is 0 Å². The Morgan fingerprint density at radius 1 is 1.12 bits per heavy atom. The molecule has 0 unspecified atom stereocenters. The van der Waals surface area contributed by atoms with Crippen molar-refractivity contribution in [2.24, 2.45) is 0 Å². The lowest BCUT2D eigenvalue weighted by Crippen LogP contribution is -1.83. The average Bonchev–Trinajstić information content (AvgIpc) is 2.81. The van der Waals surface area contributed by atoms with E-state index in [1.165, 1.54) is 11.8 Å². The molecule has 0 fully saturated rings. The van der Waals surface area contributed by atoms with Crippen LogP contribution >= 0.6 is 23.1 Å². The predicted molar refractivity (Wildman–Crippen MR) is 69.6 cm³/mol. The molecule has 0 aliphatic heterocycles. The number of benzene rings is 1. The maximum absolute atomic E-state index is 9.73. The maximum Gasteiger partial charge on any atom is 0.129 e. The van der Waals surface area contributed by atoms with Crippen LogP contribution in [0, 0.1) is 0 Å². The molecule has 3 aromatic rings. The number of nitrogens with zero attached hydrogens (tertiary/aromatic N) is 2. The highest BCUT2D eigenvalue weighted by atomic mass is 32.2.